The van der Waals surface area contributed by atoms with Crippen molar-refractivity contribution in [3.8, 4) is 6.07 Å². The van der Waals surface area contributed by atoms with Crippen LogP contribution in [0, 0.1) is 25.2 Å². The van der Waals surface area contributed by atoms with Gasteiger partial charge in [0.25, 0.3) is 0 Å². The summed E-state index contributed by atoms with van der Waals surface area (Å²) in [6, 6.07) is 1.98. The lowest BCUT2D eigenvalue weighted by Crippen LogP contribution is -2.29. The quantitative estimate of drug-likeness (QED) is 0.708. The van der Waals surface area contributed by atoms with Crippen LogP contribution in [0.1, 0.15) is 23.4 Å². The van der Waals surface area contributed by atoms with Gasteiger partial charge in [-0.15, -0.1) is 0 Å². The zero-order chi connectivity index (χ0) is 13.5. The number of nitriles is 1. The van der Waals surface area contributed by atoms with Crippen LogP contribution in [-0.4, -0.2) is 29.3 Å². The fourth-order valence-electron chi connectivity index (χ4n) is 1.77. The van der Waals surface area contributed by atoms with E-state index in [0.29, 0.717) is 13.0 Å². The second-order valence-electron chi connectivity index (χ2n) is 4.10. The molecule has 0 saturated heterocycles. The number of nitrogens with zero attached hydrogens (tertiary/aromatic N) is 3. The van der Waals surface area contributed by atoms with Crippen molar-refractivity contribution in [2.24, 2.45) is 0 Å². The number of nitrogens with one attached hydrogen (secondary N) is 2. The first kappa shape index (κ1) is 14.2. The molecule has 2 N–H and O–H groups in total. The average Bonchev–Trinajstić information content (AvgIpc) is 2.58. The van der Waals surface area contributed by atoms with E-state index in [1.54, 1.807) is 4.68 Å². The number of aryl methyl sites for hydroxylation is 1. The van der Waals surface area contributed by atoms with Gasteiger partial charge in [-0.2, -0.15) is 10.4 Å². The first-order valence-corrected chi connectivity index (χ1v) is 5.91. The van der Waals surface area contributed by atoms with Gasteiger partial charge in [0.15, 0.2) is 0 Å². The highest BCUT2D eigenvalue weighted by Gasteiger charge is 2.12. The normalized spacial score (nSPS) is 10.1. The predicted molar refractivity (Wildman–Crippen MR) is 67.7 cm³/mol. The second kappa shape index (κ2) is 6.77. The van der Waals surface area contributed by atoms with Crippen molar-refractivity contribution in [1.29, 1.82) is 5.26 Å². The maximum atomic E-state index is 11.6. The van der Waals surface area contributed by atoms with Crippen molar-refractivity contribution in [1.82, 2.24) is 20.4 Å². The van der Waals surface area contributed by atoms with E-state index in [-0.39, 0.29) is 12.5 Å². The SMILES string of the molecule is CNCc1c(C)nn(CC(=O)NCCC#N)c1C. The molecule has 0 bridgehead atoms. The number of amides is 1. The minimum absolute atomic E-state index is 0.119. The molecule has 1 heterocycles. The molecular weight excluding hydrogens is 230 g/mol. The second-order valence-corrected chi connectivity index (χ2v) is 4.10. The molecule has 1 rings (SSSR count). The third-order valence-electron chi connectivity index (χ3n) is 2.74. The van der Waals surface area contributed by atoms with Crippen molar-refractivity contribution >= 4 is 5.91 Å². The van der Waals surface area contributed by atoms with Crippen LogP contribution >= 0.6 is 0 Å². The van der Waals surface area contributed by atoms with Crippen LogP contribution in [0.5, 0.6) is 0 Å². The molecule has 98 valence electrons. The zero-order valence-electron chi connectivity index (χ0n) is 11.1. The molecule has 0 fully saturated rings. The van der Waals surface area contributed by atoms with E-state index in [1.807, 2.05) is 27.0 Å². The summed E-state index contributed by atoms with van der Waals surface area (Å²) < 4.78 is 1.70. The summed E-state index contributed by atoms with van der Waals surface area (Å²) in [7, 11) is 1.88. The number of hydrogen-bond acceptors (Lipinski definition) is 4. The molecule has 6 nitrogen and oxygen atoms in total. The zero-order valence-corrected chi connectivity index (χ0v) is 11.1. The summed E-state index contributed by atoms with van der Waals surface area (Å²) in [5.41, 5.74) is 3.06. The minimum Gasteiger partial charge on any atom is -0.353 e. The van der Waals surface area contributed by atoms with Crippen LogP contribution in [0.4, 0.5) is 0 Å². The van der Waals surface area contributed by atoms with Crippen molar-refractivity contribution in [3.05, 3.63) is 17.0 Å². The van der Waals surface area contributed by atoms with Crippen LogP contribution in [0.25, 0.3) is 0 Å². The third-order valence-corrected chi connectivity index (χ3v) is 2.74. The highest BCUT2D eigenvalue weighted by atomic mass is 16.2. The van der Waals surface area contributed by atoms with Crippen molar-refractivity contribution < 1.29 is 4.79 Å². The topological polar surface area (TPSA) is 82.7 Å². The first-order chi connectivity index (χ1) is 8.60. The summed E-state index contributed by atoms with van der Waals surface area (Å²) in [4.78, 5) is 11.6. The fourth-order valence-corrected chi connectivity index (χ4v) is 1.77. The molecule has 0 atom stereocenters. The van der Waals surface area contributed by atoms with E-state index < -0.39 is 0 Å². The molecule has 0 spiro atoms. The van der Waals surface area contributed by atoms with Crippen molar-refractivity contribution in [3.63, 3.8) is 0 Å². The lowest BCUT2D eigenvalue weighted by molar-refractivity contribution is -0.121. The number of hydrogen-bond donors (Lipinski definition) is 2. The largest absolute Gasteiger partial charge is 0.353 e. The molecule has 18 heavy (non-hydrogen) atoms. The van der Waals surface area contributed by atoms with Gasteiger partial charge in [-0.3, -0.25) is 9.48 Å². The monoisotopic (exact) mass is 249 g/mol. The minimum atomic E-state index is -0.119. The van der Waals surface area contributed by atoms with Gasteiger partial charge in [-0.25, -0.2) is 0 Å². The number of carbonyl (C=O) groups is 1. The lowest BCUT2D eigenvalue weighted by Gasteiger charge is -2.06. The van der Waals surface area contributed by atoms with Crippen LogP contribution in [0.3, 0.4) is 0 Å². The van der Waals surface area contributed by atoms with Gasteiger partial charge >= 0.3 is 0 Å². The highest BCUT2D eigenvalue weighted by Crippen LogP contribution is 2.12. The van der Waals surface area contributed by atoms with E-state index >= 15 is 0 Å². The van der Waals surface area contributed by atoms with E-state index in [1.165, 1.54) is 0 Å². The molecule has 1 aromatic heterocycles. The van der Waals surface area contributed by atoms with Crippen LogP contribution in [0.2, 0.25) is 0 Å². The maximum absolute atomic E-state index is 11.6. The predicted octanol–water partition coefficient (Wildman–Crippen LogP) is 0.249. The standard InChI is InChI=1S/C12H19N5O/c1-9-11(7-14-3)10(2)17(16-9)8-12(18)15-6-4-5-13/h14H,4,6-8H2,1-3H3,(H,15,18). The summed E-state index contributed by atoms with van der Waals surface area (Å²) in [6.45, 7) is 5.21. The number of rotatable bonds is 6. The Morgan fingerprint density at radius 3 is 2.83 bits per heavy atom. The van der Waals surface area contributed by atoms with Gasteiger partial charge < -0.3 is 10.6 Å². The third kappa shape index (κ3) is 3.57. The smallest absolute Gasteiger partial charge is 0.241 e. The summed E-state index contributed by atoms with van der Waals surface area (Å²) in [5, 5.41) is 18.5. The van der Waals surface area contributed by atoms with E-state index in [0.717, 1.165) is 23.5 Å². The number of aromatic nitrogens is 2. The van der Waals surface area contributed by atoms with Crippen LogP contribution in [0.15, 0.2) is 0 Å². The first-order valence-electron chi connectivity index (χ1n) is 5.91. The Hall–Kier alpha value is -1.87. The van der Waals surface area contributed by atoms with Gasteiger partial charge in [0.05, 0.1) is 18.2 Å². The Morgan fingerprint density at radius 1 is 1.50 bits per heavy atom. The molecule has 6 heteroatoms. The molecule has 0 unspecified atom stereocenters. The molecule has 1 amide bonds. The van der Waals surface area contributed by atoms with Gasteiger partial charge in [0, 0.05) is 24.3 Å². The van der Waals surface area contributed by atoms with Gasteiger partial charge in [0.1, 0.15) is 6.54 Å². The van der Waals surface area contributed by atoms with Gasteiger partial charge in [-0.05, 0) is 20.9 Å². The lowest BCUT2D eigenvalue weighted by atomic mass is 10.2. The summed E-state index contributed by atoms with van der Waals surface area (Å²) in [6.07, 6.45) is 0.327. The van der Waals surface area contributed by atoms with Gasteiger partial charge in [0.2, 0.25) is 5.91 Å². The Morgan fingerprint density at radius 2 is 2.22 bits per heavy atom. The molecule has 0 aliphatic carbocycles. The molecule has 0 aliphatic heterocycles. The summed E-state index contributed by atoms with van der Waals surface area (Å²) >= 11 is 0. The highest BCUT2D eigenvalue weighted by molar-refractivity contribution is 5.75. The average molecular weight is 249 g/mol. The molecule has 0 aliphatic rings. The molecule has 0 aromatic carbocycles. The van der Waals surface area contributed by atoms with Crippen molar-refractivity contribution in [2.45, 2.75) is 33.4 Å². The fraction of sp³-hybridized carbons (Fsp3) is 0.583. The van der Waals surface area contributed by atoms with Crippen molar-refractivity contribution in [2.75, 3.05) is 13.6 Å². The number of carbonyl (C=O) groups excluding carboxylic acids is 1. The molecule has 1 aromatic rings. The summed E-state index contributed by atoms with van der Waals surface area (Å²) in [5.74, 6) is -0.119. The van der Waals surface area contributed by atoms with E-state index in [2.05, 4.69) is 15.7 Å². The van der Waals surface area contributed by atoms with Crippen LogP contribution < -0.4 is 10.6 Å². The van der Waals surface area contributed by atoms with Crippen LogP contribution in [-0.2, 0) is 17.9 Å². The Bertz CT molecular complexity index is 458. The Balaban J connectivity index is 2.65. The van der Waals surface area contributed by atoms with Gasteiger partial charge in [-0.1, -0.05) is 0 Å². The molecular formula is C12H19N5O. The Labute approximate surface area is 107 Å². The molecule has 0 radical (unpaired) electrons. The Kier molecular flexibility index (Phi) is 5.33. The van der Waals surface area contributed by atoms with E-state index in [4.69, 9.17) is 5.26 Å². The molecule has 0 saturated carbocycles. The van der Waals surface area contributed by atoms with E-state index in [9.17, 15) is 4.79 Å². The maximum Gasteiger partial charge on any atom is 0.241 e.